The molecule has 1 saturated heterocycles. The van der Waals surface area contributed by atoms with Gasteiger partial charge in [-0.05, 0) is 66.9 Å². The first-order chi connectivity index (χ1) is 10.0. The van der Waals surface area contributed by atoms with Crippen molar-refractivity contribution >= 4 is 21.8 Å². The van der Waals surface area contributed by atoms with Gasteiger partial charge in [0.1, 0.15) is 5.75 Å². The van der Waals surface area contributed by atoms with E-state index in [0.29, 0.717) is 23.3 Å². The van der Waals surface area contributed by atoms with Crippen molar-refractivity contribution < 1.29 is 9.53 Å². The number of methoxy groups -OCH3 is 1. The van der Waals surface area contributed by atoms with Crippen molar-refractivity contribution in [1.82, 2.24) is 10.2 Å². The molecule has 5 heteroatoms. The van der Waals surface area contributed by atoms with Gasteiger partial charge in [-0.2, -0.15) is 0 Å². The van der Waals surface area contributed by atoms with Gasteiger partial charge in [-0.15, -0.1) is 0 Å². The van der Waals surface area contributed by atoms with Crippen molar-refractivity contribution in [2.75, 3.05) is 26.7 Å². The highest BCUT2D eigenvalue weighted by Gasteiger charge is 2.24. The number of benzene rings is 1. The second-order valence-electron chi connectivity index (χ2n) is 5.80. The topological polar surface area (TPSA) is 41.6 Å². The third-order valence-corrected chi connectivity index (χ3v) is 4.71. The molecule has 0 aromatic heterocycles. The molecule has 1 aromatic rings. The van der Waals surface area contributed by atoms with E-state index < -0.39 is 0 Å². The Labute approximate surface area is 135 Å². The van der Waals surface area contributed by atoms with E-state index in [1.807, 2.05) is 12.1 Å². The summed E-state index contributed by atoms with van der Waals surface area (Å²) in [6.45, 7) is 7.35. The Hall–Kier alpha value is -1.07. The summed E-state index contributed by atoms with van der Waals surface area (Å²) in [5.74, 6) is 1.18. The fraction of sp³-hybridized carbons (Fsp3) is 0.562. The van der Waals surface area contributed by atoms with Crippen molar-refractivity contribution in [3.63, 3.8) is 0 Å². The fourth-order valence-electron chi connectivity index (χ4n) is 2.64. The van der Waals surface area contributed by atoms with E-state index in [-0.39, 0.29) is 5.91 Å². The van der Waals surface area contributed by atoms with E-state index in [1.54, 1.807) is 13.2 Å². The molecule has 21 heavy (non-hydrogen) atoms. The number of likely N-dealkylation sites (tertiary alicyclic amines) is 1. The summed E-state index contributed by atoms with van der Waals surface area (Å²) in [6.07, 6.45) is 1.15. The molecule has 0 saturated carbocycles. The molecule has 116 valence electrons. The van der Waals surface area contributed by atoms with Crippen LogP contribution in [0.3, 0.4) is 0 Å². The normalized spacial score (nSPS) is 19.0. The van der Waals surface area contributed by atoms with E-state index in [0.717, 1.165) is 30.5 Å². The smallest absolute Gasteiger partial charge is 0.252 e. The molecular formula is C16H23BrN2O2. The predicted molar refractivity (Wildman–Crippen MR) is 87.8 cm³/mol. The van der Waals surface area contributed by atoms with Gasteiger partial charge in [-0.25, -0.2) is 0 Å². The third-order valence-electron chi connectivity index (χ3n) is 4.02. The second-order valence-corrected chi connectivity index (χ2v) is 6.65. The highest BCUT2D eigenvalue weighted by atomic mass is 79.9. The van der Waals surface area contributed by atoms with Crippen LogP contribution in [0.5, 0.6) is 5.75 Å². The van der Waals surface area contributed by atoms with Crippen LogP contribution in [0.25, 0.3) is 0 Å². The molecule has 0 unspecified atom stereocenters. The first-order valence-corrected chi connectivity index (χ1v) is 8.16. The lowest BCUT2D eigenvalue weighted by molar-refractivity contribution is 0.0946. The van der Waals surface area contributed by atoms with Crippen LogP contribution in [0, 0.1) is 5.92 Å². The number of amides is 1. The summed E-state index contributed by atoms with van der Waals surface area (Å²) in [7, 11) is 1.60. The Morgan fingerprint density at radius 1 is 1.52 bits per heavy atom. The second kappa shape index (κ2) is 7.27. The predicted octanol–water partition coefficient (Wildman–Crippen LogP) is 2.92. The van der Waals surface area contributed by atoms with Crippen LogP contribution in [-0.4, -0.2) is 43.6 Å². The third kappa shape index (κ3) is 4.20. The van der Waals surface area contributed by atoms with Gasteiger partial charge in [-0.1, -0.05) is 0 Å². The van der Waals surface area contributed by atoms with Gasteiger partial charge in [0.15, 0.2) is 0 Å². The quantitative estimate of drug-likeness (QED) is 0.883. The van der Waals surface area contributed by atoms with Gasteiger partial charge in [-0.3, -0.25) is 4.79 Å². The minimum absolute atomic E-state index is 0.0521. The molecular weight excluding hydrogens is 332 g/mol. The van der Waals surface area contributed by atoms with E-state index in [9.17, 15) is 4.79 Å². The van der Waals surface area contributed by atoms with Gasteiger partial charge in [0, 0.05) is 23.6 Å². The van der Waals surface area contributed by atoms with Gasteiger partial charge in [0.05, 0.1) is 12.7 Å². The van der Waals surface area contributed by atoms with Crippen molar-refractivity contribution in [2.45, 2.75) is 26.3 Å². The zero-order valence-electron chi connectivity index (χ0n) is 12.9. The zero-order chi connectivity index (χ0) is 15.4. The minimum Gasteiger partial charge on any atom is -0.497 e. The number of carbonyl (C=O) groups is 1. The van der Waals surface area contributed by atoms with Crippen LogP contribution in [0.1, 0.15) is 30.6 Å². The van der Waals surface area contributed by atoms with Gasteiger partial charge in [0.2, 0.25) is 0 Å². The molecule has 0 bridgehead atoms. The number of nitrogens with one attached hydrogen (secondary N) is 1. The molecule has 1 heterocycles. The largest absolute Gasteiger partial charge is 0.497 e. The van der Waals surface area contributed by atoms with Crippen LogP contribution >= 0.6 is 15.9 Å². The van der Waals surface area contributed by atoms with Gasteiger partial charge >= 0.3 is 0 Å². The summed E-state index contributed by atoms with van der Waals surface area (Å²) in [5, 5.41) is 3.04. The summed E-state index contributed by atoms with van der Waals surface area (Å²) < 4.78 is 5.96. The number of hydrogen-bond donors (Lipinski definition) is 1. The fourth-order valence-corrected chi connectivity index (χ4v) is 3.06. The highest BCUT2D eigenvalue weighted by Crippen LogP contribution is 2.23. The molecule has 1 aromatic carbocycles. The van der Waals surface area contributed by atoms with E-state index in [4.69, 9.17) is 4.74 Å². The van der Waals surface area contributed by atoms with Crippen LogP contribution < -0.4 is 10.1 Å². The first-order valence-electron chi connectivity index (χ1n) is 7.37. The standard InChI is InChI=1S/C16H23BrN2O2/c1-11(2)19-7-6-12(10-19)9-18-16(20)14-8-13(21-3)4-5-15(14)17/h4-5,8,11-12H,6-7,9-10H2,1-3H3,(H,18,20)/t12-/m1/s1. The zero-order valence-corrected chi connectivity index (χ0v) is 14.4. The lowest BCUT2D eigenvalue weighted by Crippen LogP contribution is -2.33. The van der Waals surface area contributed by atoms with E-state index >= 15 is 0 Å². The number of nitrogens with zero attached hydrogens (tertiary/aromatic N) is 1. The van der Waals surface area contributed by atoms with Crippen molar-refractivity contribution in [3.8, 4) is 5.75 Å². The van der Waals surface area contributed by atoms with Crippen LogP contribution in [0.15, 0.2) is 22.7 Å². The number of hydrogen-bond acceptors (Lipinski definition) is 3. The molecule has 4 nitrogen and oxygen atoms in total. The van der Waals surface area contributed by atoms with Crippen LogP contribution in [0.4, 0.5) is 0 Å². The lowest BCUT2D eigenvalue weighted by Gasteiger charge is -2.20. The number of carbonyl (C=O) groups excluding carboxylic acids is 1. The Kier molecular flexibility index (Phi) is 5.65. The Balaban J connectivity index is 1.91. The SMILES string of the molecule is COc1ccc(Br)c(C(=O)NC[C@H]2CCN(C(C)C)C2)c1. The molecule has 1 aliphatic rings. The summed E-state index contributed by atoms with van der Waals surface area (Å²) >= 11 is 3.42. The average Bonchev–Trinajstić information content (AvgIpc) is 2.94. The number of halogens is 1. The molecule has 1 aliphatic heterocycles. The molecule has 0 radical (unpaired) electrons. The molecule has 1 atom stereocenters. The number of ether oxygens (including phenoxy) is 1. The van der Waals surface area contributed by atoms with Crippen molar-refractivity contribution in [1.29, 1.82) is 0 Å². The molecule has 1 fully saturated rings. The maximum absolute atomic E-state index is 12.3. The molecule has 1 amide bonds. The maximum Gasteiger partial charge on any atom is 0.252 e. The Morgan fingerprint density at radius 2 is 2.29 bits per heavy atom. The monoisotopic (exact) mass is 354 g/mol. The van der Waals surface area contributed by atoms with Crippen LogP contribution in [-0.2, 0) is 0 Å². The van der Waals surface area contributed by atoms with Gasteiger partial charge < -0.3 is 15.0 Å². The number of rotatable bonds is 5. The Morgan fingerprint density at radius 3 is 2.90 bits per heavy atom. The maximum atomic E-state index is 12.3. The van der Waals surface area contributed by atoms with E-state index in [1.165, 1.54) is 0 Å². The summed E-state index contributed by atoms with van der Waals surface area (Å²) in [6, 6.07) is 6.01. The highest BCUT2D eigenvalue weighted by molar-refractivity contribution is 9.10. The minimum atomic E-state index is -0.0521. The lowest BCUT2D eigenvalue weighted by atomic mass is 10.1. The van der Waals surface area contributed by atoms with Crippen molar-refractivity contribution in [2.24, 2.45) is 5.92 Å². The molecule has 2 rings (SSSR count). The van der Waals surface area contributed by atoms with Gasteiger partial charge in [0.25, 0.3) is 5.91 Å². The van der Waals surface area contributed by atoms with Crippen molar-refractivity contribution in [3.05, 3.63) is 28.2 Å². The first kappa shape index (κ1) is 16.3. The summed E-state index contributed by atoms with van der Waals surface area (Å²) in [4.78, 5) is 14.8. The Bertz CT molecular complexity index is 505. The van der Waals surface area contributed by atoms with Crippen LogP contribution in [0.2, 0.25) is 0 Å². The molecule has 0 spiro atoms. The summed E-state index contributed by atoms with van der Waals surface area (Å²) in [5.41, 5.74) is 0.619. The molecule has 0 aliphatic carbocycles. The molecule has 1 N–H and O–H groups in total. The van der Waals surface area contributed by atoms with E-state index in [2.05, 4.69) is 40.0 Å². The average molecular weight is 355 g/mol.